The van der Waals surface area contributed by atoms with Crippen molar-refractivity contribution in [3.05, 3.63) is 0 Å². The van der Waals surface area contributed by atoms with Gasteiger partial charge in [0.05, 0.1) is 6.10 Å². The number of rotatable bonds is 6. The van der Waals surface area contributed by atoms with Crippen molar-refractivity contribution in [2.75, 3.05) is 13.7 Å². The summed E-state index contributed by atoms with van der Waals surface area (Å²) in [6, 6.07) is 0.773. The molecule has 0 aromatic heterocycles. The van der Waals surface area contributed by atoms with Crippen LogP contribution < -0.4 is 5.32 Å². The van der Waals surface area contributed by atoms with Crippen LogP contribution in [0, 0.1) is 11.8 Å². The van der Waals surface area contributed by atoms with Gasteiger partial charge in [-0.1, -0.05) is 12.8 Å². The Morgan fingerprint density at radius 1 is 1.25 bits per heavy atom. The van der Waals surface area contributed by atoms with Gasteiger partial charge in [-0.05, 0) is 57.9 Å². The van der Waals surface area contributed by atoms with Gasteiger partial charge in [0.25, 0.3) is 0 Å². The molecule has 0 amide bonds. The molecule has 94 valence electrons. The lowest BCUT2D eigenvalue weighted by Crippen LogP contribution is -2.40. The lowest BCUT2D eigenvalue weighted by molar-refractivity contribution is -0.0304. The molecule has 0 aromatic rings. The molecular formula is C14H27NO. The molecule has 0 spiro atoms. The molecule has 2 nitrogen and oxygen atoms in total. The highest BCUT2D eigenvalue weighted by atomic mass is 16.5. The monoisotopic (exact) mass is 225 g/mol. The van der Waals surface area contributed by atoms with E-state index in [1.54, 1.807) is 0 Å². The van der Waals surface area contributed by atoms with Gasteiger partial charge in [0.15, 0.2) is 0 Å². The maximum absolute atomic E-state index is 5.63. The lowest BCUT2D eigenvalue weighted by atomic mass is 9.76. The van der Waals surface area contributed by atoms with E-state index in [-0.39, 0.29) is 0 Å². The van der Waals surface area contributed by atoms with E-state index >= 15 is 0 Å². The first-order valence-electron chi connectivity index (χ1n) is 7.12. The van der Waals surface area contributed by atoms with Crippen LogP contribution >= 0.6 is 0 Å². The van der Waals surface area contributed by atoms with Crippen molar-refractivity contribution in [1.82, 2.24) is 5.32 Å². The summed E-state index contributed by atoms with van der Waals surface area (Å²) in [6.45, 7) is 2.98. The van der Waals surface area contributed by atoms with Crippen molar-refractivity contribution in [2.45, 2.75) is 64.0 Å². The average Bonchev–Trinajstić information content (AvgIpc) is 2.74. The summed E-state index contributed by atoms with van der Waals surface area (Å²) in [6.07, 6.45) is 10.4. The maximum Gasteiger partial charge on any atom is 0.0580 e. The molecule has 2 aliphatic rings. The third kappa shape index (κ3) is 2.98. The normalized spacial score (nSPS) is 32.6. The molecule has 1 atom stereocenters. The van der Waals surface area contributed by atoms with Crippen LogP contribution in [0.3, 0.4) is 0 Å². The van der Waals surface area contributed by atoms with Crippen LogP contribution in [0.4, 0.5) is 0 Å². The number of hydrogen-bond donors (Lipinski definition) is 1. The molecule has 0 bridgehead atoms. The molecule has 1 N–H and O–H groups in total. The summed E-state index contributed by atoms with van der Waals surface area (Å²) < 4.78 is 5.63. The summed E-state index contributed by atoms with van der Waals surface area (Å²) in [5.74, 6) is 1.88. The highest BCUT2D eigenvalue weighted by Gasteiger charge is 2.33. The maximum atomic E-state index is 5.63. The van der Waals surface area contributed by atoms with Gasteiger partial charge in [-0.15, -0.1) is 0 Å². The fourth-order valence-corrected chi connectivity index (χ4v) is 3.50. The van der Waals surface area contributed by atoms with E-state index in [0.717, 1.165) is 24.5 Å². The minimum Gasteiger partial charge on any atom is -0.378 e. The highest BCUT2D eigenvalue weighted by molar-refractivity contribution is 4.87. The lowest BCUT2D eigenvalue weighted by Gasteiger charge is -2.38. The topological polar surface area (TPSA) is 21.3 Å². The zero-order valence-electron chi connectivity index (χ0n) is 10.9. The molecule has 2 heteroatoms. The predicted molar refractivity (Wildman–Crippen MR) is 67.6 cm³/mol. The largest absolute Gasteiger partial charge is 0.378 e. The van der Waals surface area contributed by atoms with Gasteiger partial charge in [-0.2, -0.15) is 0 Å². The second-order valence-electron chi connectivity index (χ2n) is 5.59. The highest BCUT2D eigenvalue weighted by Crippen LogP contribution is 2.37. The minimum absolute atomic E-state index is 0.580. The van der Waals surface area contributed by atoms with E-state index < -0.39 is 0 Å². The van der Waals surface area contributed by atoms with Crippen LogP contribution in [0.2, 0.25) is 0 Å². The minimum atomic E-state index is 0.580. The Kier molecular flexibility index (Phi) is 4.66. The van der Waals surface area contributed by atoms with Crippen LogP contribution in [0.5, 0.6) is 0 Å². The molecule has 0 aliphatic heterocycles. The molecule has 2 saturated carbocycles. The average molecular weight is 225 g/mol. The van der Waals surface area contributed by atoms with Gasteiger partial charge >= 0.3 is 0 Å². The van der Waals surface area contributed by atoms with E-state index in [1.807, 2.05) is 0 Å². The summed E-state index contributed by atoms with van der Waals surface area (Å²) in [4.78, 5) is 0. The molecule has 0 saturated heterocycles. The Morgan fingerprint density at radius 3 is 2.50 bits per heavy atom. The predicted octanol–water partition coefficient (Wildman–Crippen LogP) is 2.97. The number of ether oxygens (including phenoxy) is 1. The summed E-state index contributed by atoms with van der Waals surface area (Å²) in [5, 5.41) is 3.55. The molecular weight excluding hydrogens is 198 g/mol. The van der Waals surface area contributed by atoms with Crippen molar-refractivity contribution in [2.24, 2.45) is 11.8 Å². The van der Waals surface area contributed by atoms with Crippen LogP contribution in [0.1, 0.15) is 51.9 Å². The fraction of sp³-hybridized carbons (Fsp3) is 1.00. The molecule has 2 aliphatic carbocycles. The van der Waals surface area contributed by atoms with Crippen molar-refractivity contribution < 1.29 is 4.74 Å². The van der Waals surface area contributed by atoms with Crippen LogP contribution in [0.25, 0.3) is 0 Å². The Morgan fingerprint density at radius 2 is 1.94 bits per heavy atom. The zero-order chi connectivity index (χ0) is 11.4. The second-order valence-corrected chi connectivity index (χ2v) is 5.59. The van der Waals surface area contributed by atoms with Gasteiger partial charge in [-0.25, -0.2) is 0 Å². The van der Waals surface area contributed by atoms with Crippen molar-refractivity contribution in [3.63, 3.8) is 0 Å². The van der Waals surface area contributed by atoms with Gasteiger partial charge in [0.1, 0.15) is 0 Å². The van der Waals surface area contributed by atoms with Crippen LogP contribution in [-0.2, 0) is 4.74 Å². The smallest absolute Gasteiger partial charge is 0.0580 e. The standard InChI is InChI=1S/C14H27NO/c1-3-16-13-8-11(9-13)10-14(15-2)12-6-4-5-7-12/h11-15H,3-10H2,1-2H3. The molecule has 0 aromatic carbocycles. The first kappa shape index (κ1) is 12.4. The molecule has 0 heterocycles. The van der Waals surface area contributed by atoms with E-state index in [4.69, 9.17) is 4.74 Å². The zero-order valence-corrected chi connectivity index (χ0v) is 10.9. The van der Waals surface area contributed by atoms with Gasteiger partial charge in [0.2, 0.25) is 0 Å². The molecule has 1 unspecified atom stereocenters. The SMILES string of the molecule is CCOC1CC(CC(NC)C2CCCC2)C1. The second kappa shape index (κ2) is 6.02. The molecule has 2 rings (SSSR count). The van der Waals surface area contributed by atoms with Crippen molar-refractivity contribution in [3.8, 4) is 0 Å². The summed E-state index contributed by atoms with van der Waals surface area (Å²) in [7, 11) is 2.14. The van der Waals surface area contributed by atoms with Gasteiger partial charge < -0.3 is 10.1 Å². The van der Waals surface area contributed by atoms with Crippen LogP contribution in [0.15, 0.2) is 0 Å². The number of hydrogen-bond acceptors (Lipinski definition) is 2. The third-order valence-electron chi connectivity index (χ3n) is 4.52. The van der Waals surface area contributed by atoms with Crippen LogP contribution in [-0.4, -0.2) is 25.8 Å². The van der Waals surface area contributed by atoms with E-state index in [9.17, 15) is 0 Å². The Bertz CT molecular complexity index is 195. The Labute approximate surface area is 100 Å². The molecule has 0 radical (unpaired) electrons. The fourth-order valence-electron chi connectivity index (χ4n) is 3.50. The molecule has 2 fully saturated rings. The summed E-state index contributed by atoms with van der Waals surface area (Å²) in [5.41, 5.74) is 0. The quantitative estimate of drug-likeness (QED) is 0.750. The van der Waals surface area contributed by atoms with E-state index in [1.165, 1.54) is 44.9 Å². The first-order valence-corrected chi connectivity index (χ1v) is 7.12. The Hall–Kier alpha value is -0.0800. The van der Waals surface area contributed by atoms with E-state index in [0.29, 0.717) is 6.10 Å². The van der Waals surface area contributed by atoms with Crippen molar-refractivity contribution in [1.29, 1.82) is 0 Å². The Balaban J connectivity index is 1.67. The first-order chi connectivity index (χ1) is 7.83. The van der Waals surface area contributed by atoms with Gasteiger partial charge in [-0.3, -0.25) is 0 Å². The van der Waals surface area contributed by atoms with Crippen molar-refractivity contribution >= 4 is 0 Å². The third-order valence-corrected chi connectivity index (χ3v) is 4.52. The van der Waals surface area contributed by atoms with Gasteiger partial charge in [0, 0.05) is 12.6 Å². The molecule has 16 heavy (non-hydrogen) atoms. The van der Waals surface area contributed by atoms with E-state index in [2.05, 4.69) is 19.3 Å². The summed E-state index contributed by atoms with van der Waals surface area (Å²) >= 11 is 0. The number of nitrogens with one attached hydrogen (secondary N) is 1.